The molecule has 1 aromatic rings. The van der Waals surface area contributed by atoms with Crippen molar-refractivity contribution in [1.82, 2.24) is 4.98 Å². The number of nitrogens with zero attached hydrogens (tertiary/aromatic N) is 1. The molecule has 1 fully saturated rings. The van der Waals surface area contributed by atoms with Crippen LogP contribution in [0.4, 0.5) is 5.13 Å². The first kappa shape index (κ1) is 15.9. The first-order chi connectivity index (χ1) is 9.97. The Morgan fingerprint density at radius 1 is 1.33 bits per heavy atom. The smallest absolute Gasteiger partial charge is 0.347 e. The fraction of sp³-hybridized carbons (Fsp3) is 0.667. The minimum Gasteiger partial charge on any atom is -0.477 e. The Morgan fingerprint density at radius 2 is 2.00 bits per heavy atom. The second-order valence-electron chi connectivity index (χ2n) is 6.02. The summed E-state index contributed by atoms with van der Waals surface area (Å²) in [5, 5.41) is 12.5. The van der Waals surface area contributed by atoms with Crippen LogP contribution in [0.1, 0.15) is 61.3 Å². The van der Waals surface area contributed by atoms with E-state index < -0.39 is 5.97 Å². The highest BCUT2D eigenvalue weighted by Gasteiger charge is 2.24. The molecule has 1 aliphatic carbocycles. The van der Waals surface area contributed by atoms with Gasteiger partial charge in [-0.2, -0.15) is 0 Å². The molecule has 0 radical (unpaired) electrons. The number of carbonyl (C=O) groups excluding carboxylic acids is 1. The highest BCUT2D eigenvalue weighted by Crippen LogP contribution is 2.28. The van der Waals surface area contributed by atoms with Gasteiger partial charge in [0.15, 0.2) is 5.13 Å². The van der Waals surface area contributed by atoms with Crippen molar-refractivity contribution in [2.24, 2.45) is 11.8 Å². The SMILES string of the molecule is CC(C)Cc1nc(NC(=O)C2CCCCC2)sc1C(=O)O. The lowest BCUT2D eigenvalue weighted by Crippen LogP contribution is -2.24. The Morgan fingerprint density at radius 3 is 2.57 bits per heavy atom. The molecule has 0 unspecified atom stereocenters. The van der Waals surface area contributed by atoms with E-state index in [1.54, 1.807) is 0 Å². The summed E-state index contributed by atoms with van der Waals surface area (Å²) in [6.07, 6.45) is 5.83. The summed E-state index contributed by atoms with van der Waals surface area (Å²) in [5.41, 5.74) is 0.571. The molecular formula is C15H22N2O3S. The molecule has 0 aromatic carbocycles. The van der Waals surface area contributed by atoms with E-state index in [1.165, 1.54) is 6.42 Å². The van der Waals surface area contributed by atoms with Gasteiger partial charge >= 0.3 is 5.97 Å². The normalized spacial score (nSPS) is 16.1. The number of hydrogen-bond donors (Lipinski definition) is 2. The van der Waals surface area contributed by atoms with Gasteiger partial charge in [-0.1, -0.05) is 44.4 Å². The number of aromatic nitrogens is 1. The van der Waals surface area contributed by atoms with Crippen molar-refractivity contribution >= 4 is 28.3 Å². The summed E-state index contributed by atoms with van der Waals surface area (Å²) in [5.74, 6) is -0.616. The lowest BCUT2D eigenvalue weighted by Gasteiger charge is -2.19. The third-order valence-corrected chi connectivity index (χ3v) is 4.70. The summed E-state index contributed by atoms with van der Waals surface area (Å²) in [6, 6.07) is 0. The Balaban J connectivity index is 2.08. The summed E-state index contributed by atoms with van der Waals surface area (Å²) in [6.45, 7) is 4.04. The van der Waals surface area contributed by atoms with Crippen LogP contribution in [0.3, 0.4) is 0 Å². The minimum absolute atomic E-state index is 0.0171. The summed E-state index contributed by atoms with van der Waals surface area (Å²) < 4.78 is 0. The number of carboxylic acids is 1. The zero-order chi connectivity index (χ0) is 15.4. The molecule has 1 aliphatic rings. The molecule has 0 spiro atoms. The molecule has 6 heteroatoms. The van der Waals surface area contributed by atoms with Crippen LogP contribution < -0.4 is 5.32 Å². The van der Waals surface area contributed by atoms with Crippen LogP contribution in [0.5, 0.6) is 0 Å². The molecule has 2 N–H and O–H groups in total. The van der Waals surface area contributed by atoms with Gasteiger partial charge in [-0.05, 0) is 25.2 Å². The molecule has 21 heavy (non-hydrogen) atoms. The second-order valence-corrected chi connectivity index (χ2v) is 7.02. The van der Waals surface area contributed by atoms with Crippen LogP contribution in [0.25, 0.3) is 0 Å². The molecule has 0 saturated heterocycles. The highest BCUT2D eigenvalue weighted by atomic mass is 32.1. The first-order valence-corrected chi connectivity index (χ1v) is 8.33. The molecule has 1 amide bonds. The van der Waals surface area contributed by atoms with E-state index in [0.29, 0.717) is 23.2 Å². The summed E-state index contributed by atoms with van der Waals surface area (Å²) >= 11 is 1.06. The molecule has 2 rings (SSSR count). The Kier molecular flexibility index (Phi) is 5.33. The molecule has 116 valence electrons. The molecule has 0 atom stereocenters. The Hall–Kier alpha value is -1.43. The first-order valence-electron chi connectivity index (χ1n) is 7.51. The van der Waals surface area contributed by atoms with Gasteiger partial charge in [-0.25, -0.2) is 9.78 Å². The van der Waals surface area contributed by atoms with E-state index in [-0.39, 0.29) is 16.7 Å². The van der Waals surface area contributed by atoms with Crippen LogP contribution in [-0.4, -0.2) is 22.0 Å². The van der Waals surface area contributed by atoms with Crippen LogP contribution in [0, 0.1) is 11.8 Å². The van der Waals surface area contributed by atoms with Gasteiger partial charge in [0.1, 0.15) is 4.88 Å². The van der Waals surface area contributed by atoms with Crippen molar-refractivity contribution in [1.29, 1.82) is 0 Å². The van der Waals surface area contributed by atoms with Gasteiger partial charge in [-0.15, -0.1) is 0 Å². The van der Waals surface area contributed by atoms with Crippen molar-refractivity contribution in [2.45, 2.75) is 52.4 Å². The molecule has 0 bridgehead atoms. The van der Waals surface area contributed by atoms with E-state index in [9.17, 15) is 14.7 Å². The van der Waals surface area contributed by atoms with Gasteiger partial charge < -0.3 is 10.4 Å². The highest BCUT2D eigenvalue weighted by molar-refractivity contribution is 7.17. The van der Waals surface area contributed by atoms with Gasteiger partial charge in [0.2, 0.25) is 5.91 Å². The lowest BCUT2D eigenvalue weighted by atomic mass is 9.89. The van der Waals surface area contributed by atoms with Crippen LogP contribution in [-0.2, 0) is 11.2 Å². The van der Waals surface area contributed by atoms with E-state index in [1.807, 2.05) is 13.8 Å². The van der Waals surface area contributed by atoms with Crippen molar-refractivity contribution < 1.29 is 14.7 Å². The quantitative estimate of drug-likeness (QED) is 0.871. The molecule has 1 saturated carbocycles. The molecule has 1 aromatic heterocycles. The Labute approximate surface area is 128 Å². The number of rotatable bonds is 5. The number of thiazole rings is 1. The molecule has 5 nitrogen and oxygen atoms in total. The average molecular weight is 310 g/mol. The molecule has 0 aliphatic heterocycles. The van der Waals surface area contributed by atoms with Crippen LogP contribution >= 0.6 is 11.3 Å². The molecular weight excluding hydrogens is 288 g/mol. The predicted molar refractivity (Wildman–Crippen MR) is 82.8 cm³/mol. The minimum atomic E-state index is -0.971. The van der Waals surface area contributed by atoms with E-state index in [2.05, 4.69) is 10.3 Å². The summed E-state index contributed by atoms with van der Waals surface area (Å²) in [7, 11) is 0. The van der Waals surface area contributed by atoms with Gasteiger partial charge in [0, 0.05) is 5.92 Å². The Bertz CT molecular complexity index is 519. The largest absolute Gasteiger partial charge is 0.477 e. The van der Waals surface area contributed by atoms with Gasteiger partial charge in [0.25, 0.3) is 0 Å². The average Bonchev–Trinajstić information content (AvgIpc) is 2.81. The van der Waals surface area contributed by atoms with Gasteiger partial charge in [-0.3, -0.25) is 4.79 Å². The number of hydrogen-bond acceptors (Lipinski definition) is 4. The van der Waals surface area contributed by atoms with Crippen molar-refractivity contribution in [3.8, 4) is 0 Å². The molecule has 1 heterocycles. The number of carbonyl (C=O) groups is 2. The standard InChI is InChI=1S/C15H22N2O3S/c1-9(2)8-11-12(14(19)20)21-15(16-11)17-13(18)10-6-4-3-5-7-10/h9-10H,3-8H2,1-2H3,(H,19,20)(H,16,17,18). The predicted octanol–water partition coefficient (Wildman–Crippen LogP) is 3.56. The zero-order valence-corrected chi connectivity index (χ0v) is 13.3. The van der Waals surface area contributed by atoms with E-state index in [0.717, 1.165) is 37.0 Å². The fourth-order valence-electron chi connectivity index (χ4n) is 2.67. The third kappa shape index (κ3) is 4.27. The monoisotopic (exact) mass is 310 g/mol. The lowest BCUT2D eigenvalue weighted by molar-refractivity contribution is -0.120. The maximum Gasteiger partial charge on any atom is 0.347 e. The number of anilines is 1. The third-order valence-electron chi connectivity index (χ3n) is 3.70. The number of carboxylic acid groups (broad SMARTS) is 1. The van der Waals surface area contributed by atoms with Crippen LogP contribution in [0.2, 0.25) is 0 Å². The number of nitrogens with one attached hydrogen (secondary N) is 1. The topological polar surface area (TPSA) is 79.3 Å². The maximum atomic E-state index is 12.2. The zero-order valence-electron chi connectivity index (χ0n) is 12.5. The van der Waals surface area contributed by atoms with Crippen molar-refractivity contribution in [3.63, 3.8) is 0 Å². The fourth-order valence-corrected chi connectivity index (χ4v) is 3.50. The van der Waals surface area contributed by atoms with Crippen LogP contribution in [0.15, 0.2) is 0 Å². The van der Waals surface area contributed by atoms with Crippen molar-refractivity contribution in [3.05, 3.63) is 10.6 Å². The van der Waals surface area contributed by atoms with Crippen molar-refractivity contribution in [2.75, 3.05) is 5.32 Å². The second kappa shape index (κ2) is 7.02. The van der Waals surface area contributed by atoms with Gasteiger partial charge in [0.05, 0.1) is 5.69 Å². The maximum absolute atomic E-state index is 12.2. The van der Waals surface area contributed by atoms with E-state index >= 15 is 0 Å². The number of aromatic carboxylic acids is 1. The summed E-state index contributed by atoms with van der Waals surface area (Å²) in [4.78, 5) is 28.0. The van der Waals surface area contributed by atoms with E-state index in [4.69, 9.17) is 0 Å². The number of amides is 1.